The van der Waals surface area contributed by atoms with Gasteiger partial charge in [0.1, 0.15) is 17.5 Å². The van der Waals surface area contributed by atoms with Crippen LogP contribution in [0.25, 0.3) is 0 Å². The van der Waals surface area contributed by atoms with Crippen molar-refractivity contribution < 1.29 is 0 Å². The Hall–Kier alpha value is -1.32. The van der Waals surface area contributed by atoms with Crippen LogP contribution in [0.2, 0.25) is 0 Å². The van der Waals surface area contributed by atoms with Gasteiger partial charge in [-0.15, -0.1) is 0 Å². The van der Waals surface area contributed by atoms with Crippen LogP contribution in [0.5, 0.6) is 0 Å². The first-order valence-electron chi connectivity index (χ1n) is 7.74. The standard InChI is InChI=1S/C16H30N4/c1-8-12(5)10-20(7)16-13(6)15(17-9-2)18-14(19-16)11(3)4/h11-12H,8-10H2,1-7H3,(H,17,18,19). The topological polar surface area (TPSA) is 41.1 Å². The van der Waals surface area contributed by atoms with Gasteiger partial charge in [0.15, 0.2) is 0 Å². The number of anilines is 2. The SMILES string of the molecule is CCNc1nc(C(C)C)nc(N(C)CC(C)CC)c1C. The van der Waals surface area contributed by atoms with E-state index in [1.165, 1.54) is 6.42 Å². The van der Waals surface area contributed by atoms with Crippen LogP contribution in [0, 0.1) is 12.8 Å². The predicted octanol–water partition coefficient (Wildman–Crippen LogP) is 3.82. The Bertz CT molecular complexity index is 429. The highest BCUT2D eigenvalue weighted by Gasteiger charge is 2.16. The summed E-state index contributed by atoms with van der Waals surface area (Å²) in [5.74, 6) is 3.94. The van der Waals surface area contributed by atoms with Crippen molar-refractivity contribution in [3.05, 3.63) is 11.4 Å². The van der Waals surface area contributed by atoms with Crippen molar-refractivity contribution in [2.24, 2.45) is 5.92 Å². The van der Waals surface area contributed by atoms with Crippen molar-refractivity contribution in [3.63, 3.8) is 0 Å². The predicted molar refractivity (Wildman–Crippen MR) is 87.7 cm³/mol. The van der Waals surface area contributed by atoms with Crippen LogP contribution in [0.3, 0.4) is 0 Å². The van der Waals surface area contributed by atoms with E-state index in [4.69, 9.17) is 4.98 Å². The fourth-order valence-electron chi connectivity index (χ4n) is 2.17. The average Bonchev–Trinajstić information content (AvgIpc) is 2.40. The molecule has 0 aliphatic carbocycles. The van der Waals surface area contributed by atoms with Gasteiger partial charge in [0, 0.05) is 31.6 Å². The molecule has 1 N–H and O–H groups in total. The van der Waals surface area contributed by atoms with Gasteiger partial charge in [0.2, 0.25) is 0 Å². The molecule has 114 valence electrons. The molecule has 0 saturated carbocycles. The Morgan fingerprint density at radius 3 is 2.30 bits per heavy atom. The van der Waals surface area contributed by atoms with Crippen LogP contribution < -0.4 is 10.2 Å². The molecule has 1 unspecified atom stereocenters. The second kappa shape index (κ2) is 7.46. The number of nitrogens with one attached hydrogen (secondary N) is 1. The zero-order chi connectivity index (χ0) is 15.3. The Labute approximate surface area is 124 Å². The third-order valence-electron chi connectivity index (χ3n) is 3.64. The molecule has 1 aromatic rings. The second-order valence-corrected chi connectivity index (χ2v) is 5.96. The first-order valence-corrected chi connectivity index (χ1v) is 7.74. The van der Waals surface area contributed by atoms with Crippen LogP contribution >= 0.6 is 0 Å². The highest BCUT2D eigenvalue weighted by Crippen LogP contribution is 2.26. The molecule has 0 aromatic carbocycles. The van der Waals surface area contributed by atoms with E-state index in [2.05, 4.69) is 63.8 Å². The Morgan fingerprint density at radius 2 is 1.80 bits per heavy atom. The summed E-state index contributed by atoms with van der Waals surface area (Å²) in [4.78, 5) is 11.7. The lowest BCUT2D eigenvalue weighted by molar-refractivity contribution is 0.556. The molecule has 0 aliphatic heterocycles. The number of nitrogens with zero attached hydrogens (tertiary/aromatic N) is 3. The molecule has 4 heteroatoms. The number of aromatic nitrogens is 2. The molecule has 0 fully saturated rings. The molecule has 0 saturated heterocycles. The summed E-state index contributed by atoms with van der Waals surface area (Å²) in [6.07, 6.45) is 1.19. The number of hydrogen-bond donors (Lipinski definition) is 1. The third kappa shape index (κ3) is 4.09. The minimum atomic E-state index is 0.337. The summed E-state index contributed by atoms with van der Waals surface area (Å²) in [7, 11) is 2.13. The van der Waals surface area contributed by atoms with Gasteiger partial charge in [0.05, 0.1) is 0 Å². The quantitative estimate of drug-likeness (QED) is 0.823. The fourth-order valence-corrected chi connectivity index (χ4v) is 2.17. The highest BCUT2D eigenvalue weighted by atomic mass is 15.2. The van der Waals surface area contributed by atoms with Crippen molar-refractivity contribution in [1.29, 1.82) is 0 Å². The first-order chi connectivity index (χ1) is 9.40. The summed E-state index contributed by atoms with van der Waals surface area (Å²) in [6.45, 7) is 14.9. The molecule has 4 nitrogen and oxygen atoms in total. The van der Waals surface area contributed by atoms with Crippen molar-refractivity contribution in [3.8, 4) is 0 Å². The summed E-state index contributed by atoms with van der Waals surface area (Å²) in [5, 5.41) is 3.36. The molecular weight excluding hydrogens is 248 g/mol. The molecule has 0 spiro atoms. The minimum absolute atomic E-state index is 0.337. The molecule has 0 bridgehead atoms. The monoisotopic (exact) mass is 278 g/mol. The normalized spacial score (nSPS) is 12.6. The van der Waals surface area contributed by atoms with E-state index in [0.717, 1.165) is 36.1 Å². The molecule has 0 radical (unpaired) electrons. The van der Waals surface area contributed by atoms with Crippen molar-refractivity contribution in [1.82, 2.24) is 9.97 Å². The Balaban J connectivity index is 3.15. The molecule has 1 aromatic heterocycles. The van der Waals surface area contributed by atoms with Crippen LogP contribution in [0.1, 0.15) is 58.3 Å². The van der Waals surface area contributed by atoms with E-state index in [0.29, 0.717) is 11.8 Å². The Kier molecular flexibility index (Phi) is 6.24. The summed E-state index contributed by atoms with van der Waals surface area (Å²) in [5.41, 5.74) is 1.14. The van der Waals surface area contributed by atoms with Crippen molar-refractivity contribution >= 4 is 11.6 Å². The van der Waals surface area contributed by atoms with Crippen molar-refractivity contribution in [2.75, 3.05) is 30.4 Å². The van der Waals surface area contributed by atoms with E-state index in [1.54, 1.807) is 0 Å². The maximum atomic E-state index is 4.78. The summed E-state index contributed by atoms with van der Waals surface area (Å²) < 4.78 is 0. The van der Waals surface area contributed by atoms with Gasteiger partial charge in [-0.1, -0.05) is 34.1 Å². The number of hydrogen-bond acceptors (Lipinski definition) is 4. The van der Waals surface area contributed by atoms with Crippen molar-refractivity contribution in [2.45, 2.75) is 53.9 Å². The maximum Gasteiger partial charge on any atom is 0.137 e. The lowest BCUT2D eigenvalue weighted by atomic mass is 10.1. The highest BCUT2D eigenvalue weighted by molar-refractivity contribution is 5.58. The van der Waals surface area contributed by atoms with Crippen LogP contribution in [-0.2, 0) is 0 Å². The van der Waals surface area contributed by atoms with Gasteiger partial charge in [-0.05, 0) is 19.8 Å². The average molecular weight is 278 g/mol. The van der Waals surface area contributed by atoms with Crippen LogP contribution in [-0.4, -0.2) is 30.1 Å². The zero-order valence-corrected chi connectivity index (χ0v) is 14.1. The van der Waals surface area contributed by atoms with E-state index in [1.807, 2.05) is 0 Å². The van der Waals surface area contributed by atoms with Gasteiger partial charge in [-0.25, -0.2) is 9.97 Å². The molecule has 20 heavy (non-hydrogen) atoms. The van der Waals surface area contributed by atoms with E-state index >= 15 is 0 Å². The maximum absolute atomic E-state index is 4.78. The van der Waals surface area contributed by atoms with Gasteiger partial charge >= 0.3 is 0 Å². The molecule has 0 amide bonds. The molecule has 0 aliphatic rings. The first kappa shape index (κ1) is 16.7. The van der Waals surface area contributed by atoms with E-state index in [9.17, 15) is 0 Å². The largest absolute Gasteiger partial charge is 0.370 e. The minimum Gasteiger partial charge on any atom is -0.370 e. The number of rotatable bonds is 7. The lowest BCUT2D eigenvalue weighted by Gasteiger charge is -2.25. The van der Waals surface area contributed by atoms with E-state index < -0.39 is 0 Å². The summed E-state index contributed by atoms with van der Waals surface area (Å²) in [6, 6.07) is 0. The lowest BCUT2D eigenvalue weighted by Crippen LogP contribution is -2.26. The third-order valence-corrected chi connectivity index (χ3v) is 3.64. The van der Waals surface area contributed by atoms with Crippen LogP contribution in [0.15, 0.2) is 0 Å². The van der Waals surface area contributed by atoms with Crippen LogP contribution in [0.4, 0.5) is 11.6 Å². The smallest absolute Gasteiger partial charge is 0.137 e. The second-order valence-electron chi connectivity index (χ2n) is 5.96. The van der Waals surface area contributed by atoms with Gasteiger partial charge in [-0.3, -0.25) is 0 Å². The fraction of sp³-hybridized carbons (Fsp3) is 0.750. The molecular formula is C16H30N4. The molecule has 1 atom stereocenters. The molecule has 1 rings (SSSR count). The molecule has 1 heterocycles. The van der Waals surface area contributed by atoms with Gasteiger partial charge < -0.3 is 10.2 Å². The zero-order valence-electron chi connectivity index (χ0n) is 14.1. The summed E-state index contributed by atoms with van der Waals surface area (Å²) >= 11 is 0. The van der Waals surface area contributed by atoms with E-state index in [-0.39, 0.29) is 0 Å². The van der Waals surface area contributed by atoms with Gasteiger partial charge in [0.25, 0.3) is 0 Å². The Morgan fingerprint density at radius 1 is 1.15 bits per heavy atom. The van der Waals surface area contributed by atoms with Gasteiger partial charge in [-0.2, -0.15) is 0 Å².